The highest BCUT2D eigenvalue weighted by molar-refractivity contribution is 14.0. The Morgan fingerprint density at radius 3 is 2.62 bits per heavy atom. The molecule has 2 N–H and O–H groups in total. The van der Waals surface area contributed by atoms with Crippen molar-refractivity contribution >= 4 is 29.9 Å². The van der Waals surface area contributed by atoms with E-state index in [4.69, 9.17) is 9.47 Å². The number of benzene rings is 1. The van der Waals surface area contributed by atoms with E-state index in [-0.39, 0.29) is 24.0 Å². The van der Waals surface area contributed by atoms with E-state index in [1.807, 2.05) is 42.5 Å². The number of ether oxygens (including phenoxy) is 2. The first-order chi connectivity index (χ1) is 13.7. The number of aliphatic imine (C=N–C) groups is 1. The van der Waals surface area contributed by atoms with Crippen LogP contribution in [-0.4, -0.2) is 37.7 Å². The molecule has 6 nitrogen and oxygen atoms in total. The molecule has 0 fully saturated rings. The second kappa shape index (κ2) is 15.0. The maximum Gasteiger partial charge on any atom is 0.213 e. The monoisotopic (exact) mass is 512 g/mol. The zero-order chi connectivity index (χ0) is 20.0. The Morgan fingerprint density at radius 2 is 1.90 bits per heavy atom. The van der Waals surface area contributed by atoms with Crippen LogP contribution in [0.5, 0.6) is 5.88 Å². The predicted molar refractivity (Wildman–Crippen MR) is 129 cm³/mol. The number of pyridine rings is 1. The summed E-state index contributed by atoms with van der Waals surface area (Å²) in [5.41, 5.74) is 2.20. The molecular weight excluding hydrogens is 479 g/mol. The number of aromatic nitrogens is 1. The summed E-state index contributed by atoms with van der Waals surface area (Å²) in [6.07, 6.45) is 2.71. The molecule has 7 heteroatoms. The number of nitrogens with zero attached hydrogens (tertiary/aromatic N) is 2. The number of halogens is 1. The molecule has 1 aromatic carbocycles. The number of guanidine groups is 1. The molecule has 0 spiro atoms. The van der Waals surface area contributed by atoms with Crippen molar-refractivity contribution in [1.29, 1.82) is 0 Å². The summed E-state index contributed by atoms with van der Waals surface area (Å²) in [4.78, 5) is 8.54. The molecule has 2 aromatic rings. The number of hydrogen-bond donors (Lipinski definition) is 2. The molecule has 0 saturated carbocycles. The third-order valence-electron chi connectivity index (χ3n) is 3.92. The van der Waals surface area contributed by atoms with Crippen LogP contribution in [-0.2, 0) is 17.9 Å². The van der Waals surface area contributed by atoms with Gasteiger partial charge in [-0.1, -0.05) is 44.2 Å². The zero-order valence-electron chi connectivity index (χ0n) is 17.6. The first-order valence-electron chi connectivity index (χ1n) is 9.81. The smallest absolute Gasteiger partial charge is 0.213 e. The Bertz CT molecular complexity index is 711. The summed E-state index contributed by atoms with van der Waals surface area (Å²) in [6, 6.07) is 14.0. The molecule has 0 aliphatic heterocycles. The molecule has 1 heterocycles. The molecule has 0 amide bonds. The maximum atomic E-state index is 5.79. The van der Waals surface area contributed by atoms with Gasteiger partial charge in [0.2, 0.25) is 5.88 Å². The summed E-state index contributed by atoms with van der Waals surface area (Å²) < 4.78 is 11.4. The first kappa shape index (κ1) is 25.2. The van der Waals surface area contributed by atoms with E-state index in [1.54, 1.807) is 13.2 Å². The Balaban J connectivity index is 0.00000420. The topological polar surface area (TPSA) is 67.8 Å². The molecule has 160 valence electrons. The normalized spacial score (nSPS) is 11.1. The van der Waals surface area contributed by atoms with Gasteiger partial charge in [0.1, 0.15) is 6.61 Å². The van der Waals surface area contributed by atoms with Crippen LogP contribution in [0.1, 0.15) is 31.4 Å². The third kappa shape index (κ3) is 11.0. The van der Waals surface area contributed by atoms with Gasteiger partial charge in [0, 0.05) is 45.6 Å². The summed E-state index contributed by atoms with van der Waals surface area (Å²) in [7, 11) is 1.77. The average Bonchev–Trinajstić information content (AvgIpc) is 2.72. The largest absolute Gasteiger partial charge is 0.473 e. The maximum absolute atomic E-state index is 5.79. The fraction of sp³-hybridized carbons (Fsp3) is 0.455. The fourth-order valence-electron chi connectivity index (χ4n) is 2.48. The van der Waals surface area contributed by atoms with Crippen molar-refractivity contribution in [2.45, 2.75) is 33.4 Å². The van der Waals surface area contributed by atoms with Gasteiger partial charge in [0.15, 0.2) is 5.96 Å². The molecule has 0 aliphatic carbocycles. The van der Waals surface area contributed by atoms with Gasteiger partial charge >= 0.3 is 0 Å². The summed E-state index contributed by atoms with van der Waals surface area (Å²) in [5, 5.41) is 6.61. The molecule has 0 saturated heterocycles. The van der Waals surface area contributed by atoms with Crippen molar-refractivity contribution < 1.29 is 9.47 Å². The Hall–Kier alpha value is -1.87. The van der Waals surface area contributed by atoms with Crippen molar-refractivity contribution in [2.75, 3.05) is 26.8 Å². The highest BCUT2D eigenvalue weighted by Gasteiger charge is 2.02. The van der Waals surface area contributed by atoms with E-state index >= 15 is 0 Å². The van der Waals surface area contributed by atoms with Crippen molar-refractivity contribution in [2.24, 2.45) is 10.9 Å². The minimum atomic E-state index is 0. The van der Waals surface area contributed by atoms with Crippen LogP contribution in [0.4, 0.5) is 0 Å². The summed E-state index contributed by atoms with van der Waals surface area (Å²) in [6.45, 7) is 7.85. The van der Waals surface area contributed by atoms with Crippen molar-refractivity contribution in [3.63, 3.8) is 0 Å². The van der Waals surface area contributed by atoms with Gasteiger partial charge in [0.05, 0.1) is 0 Å². The predicted octanol–water partition coefficient (Wildman–Crippen LogP) is 4.01. The van der Waals surface area contributed by atoms with E-state index < -0.39 is 0 Å². The van der Waals surface area contributed by atoms with Crippen LogP contribution in [0.3, 0.4) is 0 Å². The molecule has 0 radical (unpaired) electrons. The van der Waals surface area contributed by atoms with Crippen molar-refractivity contribution in [1.82, 2.24) is 15.6 Å². The standard InChI is InChI=1S/C22H32N4O2.HI/c1-18(2)16-27-13-7-11-25-22(23-3)26-15-20-10-12-24-21(14-20)28-17-19-8-5-4-6-9-19;/h4-6,8-10,12,14,18H,7,11,13,15-17H2,1-3H3,(H2,23,25,26);1H. The van der Waals surface area contributed by atoms with Gasteiger partial charge in [-0.2, -0.15) is 0 Å². The molecule has 0 bridgehead atoms. The lowest BCUT2D eigenvalue weighted by molar-refractivity contribution is 0.108. The lowest BCUT2D eigenvalue weighted by Crippen LogP contribution is -2.37. The van der Waals surface area contributed by atoms with Gasteiger partial charge < -0.3 is 20.1 Å². The van der Waals surface area contributed by atoms with Crippen LogP contribution >= 0.6 is 24.0 Å². The molecule has 1 aromatic heterocycles. The zero-order valence-corrected chi connectivity index (χ0v) is 19.9. The Kier molecular flexibility index (Phi) is 13.0. The van der Waals surface area contributed by atoms with Gasteiger partial charge in [0.25, 0.3) is 0 Å². The van der Waals surface area contributed by atoms with Crippen LogP contribution in [0.2, 0.25) is 0 Å². The van der Waals surface area contributed by atoms with E-state index in [1.165, 1.54) is 0 Å². The van der Waals surface area contributed by atoms with Gasteiger partial charge in [-0.15, -0.1) is 24.0 Å². The molecule has 2 rings (SSSR count). The quantitative estimate of drug-likeness (QED) is 0.206. The number of nitrogens with one attached hydrogen (secondary N) is 2. The minimum Gasteiger partial charge on any atom is -0.473 e. The van der Waals surface area contributed by atoms with Crippen molar-refractivity contribution in [3.05, 3.63) is 59.8 Å². The SMILES string of the molecule is CN=C(NCCCOCC(C)C)NCc1ccnc(OCc2ccccc2)c1.I. The first-order valence-corrected chi connectivity index (χ1v) is 9.81. The number of hydrogen-bond acceptors (Lipinski definition) is 4. The second-order valence-corrected chi connectivity index (χ2v) is 6.95. The van der Waals surface area contributed by atoms with Gasteiger partial charge in [-0.25, -0.2) is 4.98 Å². The molecule has 29 heavy (non-hydrogen) atoms. The molecule has 0 aliphatic rings. The molecule has 0 unspecified atom stereocenters. The highest BCUT2D eigenvalue weighted by atomic mass is 127. The minimum absolute atomic E-state index is 0. The van der Waals surface area contributed by atoms with E-state index in [0.29, 0.717) is 24.9 Å². The summed E-state index contributed by atoms with van der Waals surface area (Å²) in [5.74, 6) is 1.96. The van der Waals surface area contributed by atoms with Crippen LogP contribution < -0.4 is 15.4 Å². The Morgan fingerprint density at radius 1 is 1.10 bits per heavy atom. The van der Waals surface area contributed by atoms with Crippen LogP contribution in [0, 0.1) is 5.92 Å². The molecular formula is C22H33IN4O2. The van der Waals surface area contributed by atoms with E-state index in [2.05, 4.69) is 34.5 Å². The fourth-order valence-corrected chi connectivity index (χ4v) is 2.48. The lowest BCUT2D eigenvalue weighted by Gasteiger charge is -2.13. The van der Waals surface area contributed by atoms with Crippen LogP contribution in [0.15, 0.2) is 53.7 Å². The second-order valence-electron chi connectivity index (χ2n) is 6.95. The van der Waals surface area contributed by atoms with Crippen LogP contribution in [0.25, 0.3) is 0 Å². The van der Waals surface area contributed by atoms with Gasteiger partial charge in [-0.3, -0.25) is 4.99 Å². The van der Waals surface area contributed by atoms with Gasteiger partial charge in [-0.05, 0) is 29.5 Å². The highest BCUT2D eigenvalue weighted by Crippen LogP contribution is 2.11. The Labute approximate surface area is 191 Å². The number of rotatable bonds is 11. The summed E-state index contributed by atoms with van der Waals surface area (Å²) >= 11 is 0. The third-order valence-corrected chi connectivity index (χ3v) is 3.92. The van der Waals surface area contributed by atoms with E-state index in [0.717, 1.165) is 43.3 Å². The average molecular weight is 512 g/mol. The van der Waals surface area contributed by atoms with Crippen molar-refractivity contribution in [3.8, 4) is 5.88 Å². The lowest BCUT2D eigenvalue weighted by atomic mass is 10.2. The molecule has 0 atom stereocenters. The van der Waals surface area contributed by atoms with E-state index in [9.17, 15) is 0 Å².